The molecule has 1 heterocycles. The monoisotopic (exact) mass is 516 g/mol. The topological polar surface area (TPSA) is 41.6 Å². The minimum absolute atomic E-state index is 0.0843. The molecule has 2 amide bonds. The molecular formula is C30H26Cl2N2O2. The highest BCUT2D eigenvalue weighted by Crippen LogP contribution is 2.32. The van der Waals surface area contributed by atoms with Gasteiger partial charge in [-0.25, -0.2) is 4.79 Å². The summed E-state index contributed by atoms with van der Waals surface area (Å²) in [5.74, 6) is 0. The zero-order chi connectivity index (χ0) is 24.9. The molecule has 0 bridgehead atoms. The van der Waals surface area contributed by atoms with E-state index in [9.17, 15) is 4.79 Å². The van der Waals surface area contributed by atoms with E-state index in [1.54, 1.807) is 4.90 Å². The van der Waals surface area contributed by atoms with E-state index >= 15 is 0 Å². The standard InChI is InChI=1S/C30H26Cl2N2O2/c31-25-15-11-23(12-16-25)29(24-13-17-26(32)18-14-24)36-27-19-34(20-27)30(35)33-28(21-7-3-1-4-8-21)22-9-5-2-6-10-22/h1-18,27-29H,19-20H2,(H,33,35). The zero-order valence-electron chi connectivity index (χ0n) is 19.6. The molecule has 0 aliphatic carbocycles. The van der Waals surface area contributed by atoms with Gasteiger partial charge < -0.3 is 15.0 Å². The molecule has 1 aliphatic heterocycles. The first kappa shape index (κ1) is 24.4. The van der Waals surface area contributed by atoms with Crippen LogP contribution in [0.5, 0.6) is 0 Å². The number of halogens is 2. The van der Waals surface area contributed by atoms with Crippen molar-refractivity contribution in [1.29, 1.82) is 0 Å². The maximum atomic E-state index is 13.2. The van der Waals surface area contributed by atoms with Gasteiger partial charge in [0.1, 0.15) is 6.10 Å². The van der Waals surface area contributed by atoms with Crippen molar-refractivity contribution in [1.82, 2.24) is 10.2 Å². The van der Waals surface area contributed by atoms with Crippen molar-refractivity contribution < 1.29 is 9.53 Å². The number of carbonyl (C=O) groups excluding carboxylic acids is 1. The van der Waals surface area contributed by atoms with Crippen LogP contribution in [0.1, 0.15) is 34.4 Å². The maximum Gasteiger partial charge on any atom is 0.318 e. The number of amides is 2. The van der Waals surface area contributed by atoms with Gasteiger partial charge in [0, 0.05) is 10.0 Å². The Labute approximate surface area is 221 Å². The molecular weight excluding hydrogens is 491 g/mol. The molecule has 1 saturated heterocycles. The van der Waals surface area contributed by atoms with Crippen LogP contribution in [0, 0.1) is 0 Å². The third-order valence-corrected chi connectivity index (χ3v) is 6.85. The van der Waals surface area contributed by atoms with Gasteiger partial charge in [0.05, 0.1) is 25.2 Å². The summed E-state index contributed by atoms with van der Waals surface area (Å²) >= 11 is 12.2. The SMILES string of the molecule is O=C(NC(c1ccccc1)c1ccccc1)N1CC(OC(c2ccc(Cl)cc2)c2ccc(Cl)cc2)C1. The Hall–Kier alpha value is -3.31. The second kappa shape index (κ2) is 11.2. The first-order valence-corrected chi connectivity index (χ1v) is 12.6. The molecule has 6 heteroatoms. The lowest BCUT2D eigenvalue weighted by atomic mass is 9.98. The van der Waals surface area contributed by atoms with Crippen LogP contribution in [-0.4, -0.2) is 30.1 Å². The van der Waals surface area contributed by atoms with Crippen LogP contribution in [0.2, 0.25) is 10.0 Å². The van der Waals surface area contributed by atoms with Gasteiger partial charge in [-0.2, -0.15) is 0 Å². The van der Waals surface area contributed by atoms with Crippen molar-refractivity contribution in [2.75, 3.05) is 13.1 Å². The molecule has 0 unspecified atom stereocenters. The summed E-state index contributed by atoms with van der Waals surface area (Å²) in [6.45, 7) is 1.03. The van der Waals surface area contributed by atoms with Gasteiger partial charge in [0.25, 0.3) is 0 Å². The van der Waals surface area contributed by atoms with E-state index < -0.39 is 0 Å². The van der Waals surface area contributed by atoms with Crippen LogP contribution in [-0.2, 0) is 4.74 Å². The molecule has 182 valence electrons. The highest BCUT2D eigenvalue weighted by Gasteiger charge is 2.35. The Balaban J connectivity index is 1.26. The van der Waals surface area contributed by atoms with Crippen LogP contribution in [0.3, 0.4) is 0 Å². The van der Waals surface area contributed by atoms with Crippen molar-refractivity contribution in [2.24, 2.45) is 0 Å². The summed E-state index contributed by atoms with van der Waals surface area (Å²) < 4.78 is 6.49. The maximum absolute atomic E-state index is 13.2. The van der Waals surface area contributed by atoms with E-state index in [0.29, 0.717) is 23.1 Å². The number of likely N-dealkylation sites (tertiary alicyclic amines) is 1. The fraction of sp³-hybridized carbons (Fsp3) is 0.167. The largest absolute Gasteiger partial charge is 0.362 e. The average molecular weight is 517 g/mol. The van der Waals surface area contributed by atoms with Crippen LogP contribution in [0.15, 0.2) is 109 Å². The first-order valence-electron chi connectivity index (χ1n) is 11.9. The molecule has 4 aromatic rings. The van der Waals surface area contributed by atoms with E-state index in [4.69, 9.17) is 27.9 Å². The Bertz CT molecular complexity index is 1190. The third kappa shape index (κ3) is 5.73. The molecule has 0 atom stereocenters. The minimum atomic E-state index is -0.281. The van der Waals surface area contributed by atoms with Crippen molar-refractivity contribution in [3.05, 3.63) is 141 Å². The van der Waals surface area contributed by atoms with Crippen LogP contribution < -0.4 is 5.32 Å². The van der Waals surface area contributed by atoms with E-state index in [2.05, 4.69) is 5.32 Å². The number of benzene rings is 4. The summed E-state index contributed by atoms with van der Waals surface area (Å²) in [6.07, 6.45) is -0.366. The molecule has 4 aromatic carbocycles. The highest BCUT2D eigenvalue weighted by atomic mass is 35.5. The molecule has 4 nitrogen and oxygen atoms in total. The fourth-order valence-electron chi connectivity index (χ4n) is 4.37. The molecule has 1 N–H and O–H groups in total. The van der Waals surface area contributed by atoms with E-state index in [-0.39, 0.29) is 24.3 Å². The molecule has 36 heavy (non-hydrogen) atoms. The number of ether oxygens (including phenoxy) is 1. The number of hydrogen-bond donors (Lipinski definition) is 1. The number of nitrogens with zero attached hydrogens (tertiary/aromatic N) is 1. The number of carbonyl (C=O) groups is 1. The Morgan fingerprint density at radius 3 is 1.58 bits per heavy atom. The lowest BCUT2D eigenvalue weighted by Gasteiger charge is -2.41. The summed E-state index contributed by atoms with van der Waals surface area (Å²) in [5, 5.41) is 4.55. The second-order valence-electron chi connectivity index (χ2n) is 8.85. The predicted molar refractivity (Wildman–Crippen MR) is 144 cm³/mol. The molecule has 1 aliphatic rings. The van der Waals surface area contributed by atoms with Crippen molar-refractivity contribution in [3.63, 3.8) is 0 Å². The predicted octanol–water partition coefficient (Wildman–Crippen LogP) is 7.28. The molecule has 0 radical (unpaired) electrons. The minimum Gasteiger partial charge on any atom is -0.362 e. The van der Waals surface area contributed by atoms with Crippen molar-refractivity contribution in [3.8, 4) is 0 Å². The Kier molecular flexibility index (Phi) is 7.57. The normalized spacial score (nSPS) is 13.6. The first-order chi connectivity index (χ1) is 17.6. The molecule has 0 spiro atoms. The van der Waals surface area contributed by atoms with Gasteiger partial charge in [-0.3, -0.25) is 0 Å². The van der Waals surface area contributed by atoms with E-state index in [0.717, 1.165) is 22.3 Å². The Morgan fingerprint density at radius 1 is 0.694 bits per heavy atom. The molecule has 0 saturated carbocycles. The molecule has 5 rings (SSSR count). The summed E-state index contributed by atoms with van der Waals surface area (Å²) in [4.78, 5) is 14.9. The number of hydrogen-bond acceptors (Lipinski definition) is 2. The van der Waals surface area contributed by atoms with Gasteiger partial charge in [0.15, 0.2) is 0 Å². The van der Waals surface area contributed by atoms with Crippen LogP contribution in [0.4, 0.5) is 4.79 Å². The number of urea groups is 1. The summed E-state index contributed by atoms with van der Waals surface area (Å²) in [6, 6.07) is 35.0. The lowest BCUT2D eigenvalue weighted by molar-refractivity contribution is -0.0647. The smallest absolute Gasteiger partial charge is 0.318 e. The highest BCUT2D eigenvalue weighted by molar-refractivity contribution is 6.30. The summed E-state index contributed by atoms with van der Waals surface area (Å²) in [5.41, 5.74) is 4.07. The van der Waals surface area contributed by atoms with Gasteiger partial charge in [-0.05, 0) is 46.5 Å². The van der Waals surface area contributed by atoms with Crippen LogP contribution in [0.25, 0.3) is 0 Å². The van der Waals surface area contributed by atoms with E-state index in [1.807, 2.05) is 109 Å². The summed E-state index contributed by atoms with van der Waals surface area (Å²) in [7, 11) is 0. The van der Waals surface area contributed by atoms with Crippen molar-refractivity contribution >= 4 is 29.2 Å². The van der Waals surface area contributed by atoms with E-state index in [1.165, 1.54) is 0 Å². The Morgan fingerprint density at radius 2 is 1.14 bits per heavy atom. The van der Waals surface area contributed by atoms with Gasteiger partial charge in [-0.1, -0.05) is 108 Å². The van der Waals surface area contributed by atoms with Gasteiger partial charge in [0.2, 0.25) is 0 Å². The molecule has 1 fully saturated rings. The second-order valence-corrected chi connectivity index (χ2v) is 9.72. The zero-order valence-corrected chi connectivity index (χ0v) is 21.1. The molecule has 0 aromatic heterocycles. The number of nitrogens with one attached hydrogen (secondary N) is 1. The van der Waals surface area contributed by atoms with Crippen LogP contribution >= 0.6 is 23.2 Å². The number of rotatable bonds is 7. The van der Waals surface area contributed by atoms with Gasteiger partial charge in [-0.15, -0.1) is 0 Å². The average Bonchev–Trinajstić information content (AvgIpc) is 2.89. The third-order valence-electron chi connectivity index (χ3n) is 6.34. The quantitative estimate of drug-likeness (QED) is 0.280. The lowest BCUT2D eigenvalue weighted by Crippen LogP contribution is -2.58. The van der Waals surface area contributed by atoms with Crippen molar-refractivity contribution in [2.45, 2.75) is 18.2 Å². The van der Waals surface area contributed by atoms with Gasteiger partial charge >= 0.3 is 6.03 Å². The fourth-order valence-corrected chi connectivity index (χ4v) is 4.62.